The predicted molar refractivity (Wildman–Crippen MR) is 69.9 cm³/mol. The number of hydrogen-bond acceptors (Lipinski definition) is 2. The molecule has 0 heterocycles. The van der Waals surface area contributed by atoms with Gasteiger partial charge < -0.3 is 0 Å². The molecule has 0 aromatic rings. The van der Waals surface area contributed by atoms with Crippen LogP contribution in [0.5, 0.6) is 0 Å². The van der Waals surface area contributed by atoms with Gasteiger partial charge in [-0.2, -0.15) is 0 Å². The Morgan fingerprint density at radius 2 is 1.29 bits per heavy atom. The molecule has 0 N–H and O–H groups in total. The molecule has 0 spiro atoms. The molecule has 0 aliphatic heterocycles. The van der Waals surface area contributed by atoms with E-state index < -0.39 is 0 Å². The van der Waals surface area contributed by atoms with Crippen LogP contribution in [0.15, 0.2) is 11.1 Å². The van der Waals surface area contributed by atoms with Crippen molar-refractivity contribution in [1.82, 2.24) is 0 Å². The average molecular weight is 236 g/mol. The van der Waals surface area contributed by atoms with Crippen LogP contribution in [0.2, 0.25) is 0 Å². The summed E-state index contributed by atoms with van der Waals surface area (Å²) >= 11 is 0. The zero-order chi connectivity index (χ0) is 12.7. The van der Waals surface area contributed by atoms with E-state index >= 15 is 0 Å². The average Bonchev–Trinajstić information content (AvgIpc) is 2.82. The van der Waals surface area contributed by atoms with E-state index in [1.807, 2.05) is 0 Å². The maximum Gasteiger partial charge on any atom is 0.159 e. The zero-order valence-corrected chi connectivity index (χ0v) is 11.2. The Kier molecular flexibility index (Phi) is 6.17. The minimum absolute atomic E-state index is 0.226. The fraction of sp³-hybridized carbons (Fsp3) is 0.733. The van der Waals surface area contributed by atoms with Crippen LogP contribution in [0.3, 0.4) is 0 Å². The molecule has 0 bridgehead atoms. The molecule has 1 aliphatic rings. The summed E-state index contributed by atoms with van der Waals surface area (Å²) < 4.78 is 0. The number of carbonyl (C=O) groups is 2. The minimum Gasteiger partial charge on any atom is -0.295 e. The minimum atomic E-state index is 0.226. The van der Waals surface area contributed by atoms with E-state index in [0.717, 1.165) is 56.1 Å². The predicted octanol–water partition coefficient (Wildman–Crippen LogP) is 3.99. The van der Waals surface area contributed by atoms with Crippen molar-refractivity contribution in [1.29, 1.82) is 0 Å². The molecular formula is C15H24O2. The zero-order valence-electron chi connectivity index (χ0n) is 11.2. The number of hydrogen-bond donors (Lipinski definition) is 0. The molecule has 0 atom stereocenters. The maximum absolute atomic E-state index is 12.0. The quantitative estimate of drug-likeness (QED) is 0.638. The lowest BCUT2D eigenvalue weighted by Crippen LogP contribution is -2.08. The summed E-state index contributed by atoms with van der Waals surface area (Å²) in [4.78, 5) is 24.0. The maximum atomic E-state index is 12.0. The van der Waals surface area contributed by atoms with Crippen molar-refractivity contribution in [3.05, 3.63) is 11.1 Å². The van der Waals surface area contributed by atoms with Crippen molar-refractivity contribution in [3.63, 3.8) is 0 Å². The number of unbranched alkanes of at least 4 members (excludes halogenated alkanes) is 2. The van der Waals surface area contributed by atoms with Gasteiger partial charge in [0, 0.05) is 24.0 Å². The third-order valence-corrected chi connectivity index (χ3v) is 3.41. The fourth-order valence-corrected chi connectivity index (χ4v) is 2.34. The Labute approximate surface area is 104 Å². The third kappa shape index (κ3) is 4.10. The van der Waals surface area contributed by atoms with Crippen LogP contribution >= 0.6 is 0 Å². The van der Waals surface area contributed by atoms with Crippen molar-refractivity contribution < 1.29 is 9.59 Å². The first-order valence-corrected chi connectivity index (χ1v) is 6.99. The van der Waals surface area contributed by atoms with E-state index in [4.69, 9.17) is 0 Å². The van der Waals surface area contributed by atoms with E-state index in [1.165, 1.54) is 0 Å². The van der Waals surface area contributed by atoms with Crippen LogP contribution in [0.4, 0.5) is 0 Å². The number of Topliss-reactive ketones (excluding diaryl/α,β-unsaturated/α-hetero) is 2. The number of carbonyl (C=O) groups excluding carboxylic acids is 2. The number of allylic oxidation sites excluding steroid dienone is 2. The summed E-state index contributed by atoms with van der Waals surface area (Å²) in [5.74, 6) is 0.452. The van der Waals surface area contributed by atoms with Gasteiger partial charge in [-0.25, -0.2) is 0 Å². The Bertz CT molecular complexity index is 283. The second-order valence-electron chi connectivity index (χ2n) is 4.86. The molecule has 2 nitrogen and oxygen atoms in total. The molecule has 2 heteroatoms. The first kappa shape index (κ1) is 14.1. The Morgan fingerprint density at radius 3 is 1.65 bits per heavy atom. The van der Waals surface area contributed by atoms with E-state index in [0.29, 0.717) is 12.8 Å². The second kappa shape index (κ2) is 7.41. The second-order valence-corrected chi connectivity index (χ2v) is 4.86. The van der Waals surface area contributed by atoms with Gasteiger partial charge in [-0.05, 0) is 32.1 Å². The molecule has 1 rings (SSSR count). The van der Waals surface area contributed by atoms with Gasteiger partial charge >= 0.3 is 0 Å². The highest BCUT2D eigenvalue weighted by Crippen LogP contribution is 2.29. The highest BCUT2D eigenvalue weighted by molar-refractivity contribution is 6.07. The van der Waals surface area contributed by atoms with Crippen LogP contribution in [0.25, 0.3) is 0 Å². The molecule has 0 radical (unpaired) electrons. The van der Waals surface area contributed by atoms with Gasteiger partial charge in [-0.3, -0.25) is 9.59 Å². The molecule has 96 valence electrons. The fourth-order valence-electron chi connectivity index (χ4n) is 2.34. The summed E-state index contributed by atoms with van der Waals surface area (Å²) in [7, 11) is 0. The molecule has 0 amide bonds. The lowest BCUT2D eigenvalue weighted by atomic mass is 9.98. The topological polar surface area (TPSA) is 34.1 Å². The smallest absolute Gasteiger partial charge is 0.159 e. The molecule has 0 aromatic heterocycles. The normalized spacial score (nSPS) is 15.4. The largest absolute Gasteiger partial charge is 0.295 e. The first-order valence-electron chi connectivity index (χ1n) is 6.99. The Hall–Kier alpha value is -0.920. The molecular weight excluding hydrogens is 212 g/mol. The lowest BCUT2D eigenvalue weighted by molar-refractivity contribution is -0.118. The Balaban J connectivity index is 2.65. The van der Waals surface area contributed by atoms with Crippen molar-refractivity contribution in [2.24, 2.45) is 0 Å². The summed E-state index contributed by atoms with van der Waals surface area (Å²) in [6, 6.07) is 0. The molecule has 17 heavy (non-hydrogen) atoms. The summed E-state index contributed by atoms with van der Waals surface area (Å²) in [5.41, 5.74) is 1.72. The summed E-state index contributed by atoms with van der Waals surface area (Å²) in [6.07, 6.45) is 7.85. The van der Waals surface area contributed by atoms with Crippen LogP contribution in [0.1, 0.15) is 71.6 Å². The van der Waals surface area contributed by atoms with Gasteiger partial charge in [-0.15, -0.1) is 0 Å². The monoisotopic (exact) mass is 236 g/mol. The van der Waals surface area contributed by atoms with Crippen LogP contribution in [-0.2, 0) is 9.59 Å². The molecule has 0 unspecified atom stereocenters. The SMILES string of the molecule is CCCCC(=O)C1=C(C(=O)CCCC)CCC1. The van der Waals surface area contributed by atoms with Crippen LogP contribution in [-0.4, -0.2) is 11.6 Å². The first-order chi connectivity index (χ1) is 8.20. The lowest BCUT2D eigenvalue weighted by Gasteiger charge is -2.05. The van der Waals surface area contributed by atoms with E-state index in [1.54, 1.807) is 0 Å². The van der Waals surface area contributed by atoms with Crippen LogP contribution in [0, 0.1) is 0 Å². The highest BCUT2D eigenvalue weighted by atomic mass is 16.1. The molecule has 1 aliphatic carbocycles. The summed E-state index contributed by atoms with van der Waals surface area (Å²) in [6.45, 7) is 4.17. The van der Waals surface area contributed by atoms with Gasteiger partial charge in [0.1, 0.15) is 0 Å². The highest BCUT2D eigenvalue weighted by Gasteiger charge is 2.24. The number of rotatable bonds is 8. The van der Waals surface area contributed by atoms with Gasteiger partial charge in [0.2, 0.25) is 0 Å². The van der Waals surface area contributed by atoms with Crippen molar-refractivity contribution in [2.75, 3.05) is 0 Å². The molecule has 0 aromatic carbocycles. The third-order valence-electron chi connectivity index (χ3n) is 3.41. The molecule has 0 saturated carbocycles. The molecule has 0 saturated heterocycles. The van der Waals surface area contributed by atoms with Gasteiger partial charge in [0.25, 0.3) is 0 Å². The van der Waals surface area contributed by atoms with Crippen molar-refractivity contribution >= 4 is 11.6 Å². The molecule has 0 fully saturated rings. The van der Waals surface area contributed by atoms with Gasteiger partial charge in [0.05, 0.1) is 0 Å². The van der Waals surface area contributed by atoms with E-state index in [9.17, 15) is 9.59 Å². The van der Waals surface area contributed by atoms with Crippen molar-refractivity contribution in [2.45, 2.75) is 71.6 Å². The van der Waals surface area contributed by atoms with Gasteiger partial charge in [-0.1, -0.05) is 26.7 Å². The number of ketones is 2. The van der Waals surface area contributed by atoms with E-state index in [2.05, 4.69) is 13.8 Å². The van der Waals surface area contributed by atoms with Crippen molar-refractivity contribution in [3.8, 4) is 0 Å². The Morgan fingerprint density at radius 1 is 0.882 bits per heavy atom. The van der Waals surface area contributed by atoms with E-state index in [-0.39, 0.29) is 11.6 Å². The summed E-state index contributed by atoms with van der Waals surface area (Å²) in [5, 5.41) is 0. The van der Waals surface area contributed by atoms with Gasteiger partial charge in [0.15, 0.2) is 11.6 Å². The standard InChI is InChI=1S/C15H24O2/c1-3-5-10-14(16)12-8-7-9-13(12)15(17)11-6-4-2/h3-11H2,1-2H3. The van der Waals surface area contributed by atoms with Crippen LogP contribution < -0.4 is 0 Å².